The molecular weight excluding hydrogens is 408 g/mol. The summed E-state index contributed by atoms with van der Waals surface area (Å²) in [7, 11) is 0. The van der Waals surface area contributed by atoms with Gasteiger partial charge in [-0.3, -0.25) is 15.0 Å². The van der Waals surface area contributed by atoms with Gasteiger partial charge in [0.25, 0.3) is 11.8 Å². The first-order chi connectivity index (χ1) is 15.0. The number of rotatable bonds is 5. The number of amidine groups is 1. The Bertz CT molecular complexity index is 1030. The molecular formula is C24H30N4O4. The van der Waals surface area contributed by atoms with Gasteiger partial charge in [0.1, 0.15) is 5.84 Å². The Balaban J connectivity index is 1.72. The molecule has 1 aliphatic heterocycles. The van der Waals surface area contributed by atoms with E-state index in [0.29, 0.717) is 29.0 Å². The van der Waals surface area contributed by atoms with E-state index >= 15 is 0 Å². The third-order valence-electron chi connectivity index (χ3n) is 5.52. The van der Waals surface area contributed by atoms with E-state index in [4.69, 9.17) is 15.9 Å². The minimum atomic E-state index is -1.67. The number of aryl methyl sites for hydroxylation is 1. The summed E-state index contributed by atoms with van der Waals surface area (Å²) in [5, 5.41) is 20.7. The molecule has 2 aromatic rings. The average molecular weight is 439 g/mol. The first-order valence-electron chi connectivity index (χ1n) is 10.5. The van der Waals surface area contributed by atoms with Gasteiger partial charge in [-0.05, 0) is 53.8 Å². The van der Waals surface area contributed by atoms with Crippen LogP contribution in [0.25, 0.3) is 0 Å². The van der Waals surface area contributed by atoms with Crippen molar-refractivity contribution in [2.45, 2.75) is 45.3 Å². The van der Waals surface area contributed by atoms with Crippen LogP contribution in [-0.4, -0.2) is 48.1 Å². The highest BCUT2D eigenvalue weighted by atomic mass is 16.5. The predicted molar refractivity (Wildman–Crippen MR) is 124 cm³/mol. The van der Waals surface area contributed by atoms with Crippen LogP contribution < -0.4 is 16.0 Å². The van der Waals surface area contributed by atoms with E-state index in [1.807, 2.05) is 24.3 Å². The second-order valence-electron chi connectivity index (χ2n) is 8.96. The van der Waals surface area contributed by atoms with E-state index in [2.05, 4.69) is 26.1 Å². The molecule has 0 aliphatic carbocycles. The van der Waals surface area contributed by atoms with Crippen molar-refractivity contribution in [1.82, 2.24) is 0 Å². The molecule has 0 spiro atoms. The highest BCUT2D eigenvalue weighted by Crippen LogP contribution is 2.27. The number of morpholine rings is 1. The maximum atomic E-state index is 13.0. The number of ether oxygens (including phenoxy) is 1. The van der Waals surface area contributed by atoms with Gasteiger partial charge in [0.05, 0.1) is 6.61 Å². The van der Waals surface area contributed by atoms with Gasteiger partial charge in [-0.1, -0.05) is 32.9 Å². The molecule has 2 amide bonds. The molecule has 8 nitrogen and oxygen atoms in total. The lowest BCUT2D eigenvalue weighted by atomic mass is 9.87. The molecule has 0 radical (unpaired) electrons. The molecule has 1 heterocycles. The fraction of sp³-hybridized carbons (Fsp3) is 0.375. The van der Waals surface area contributed by atoms with Crippen molar-refractivity contribution >= 4 is 29.0 Å². The van der Waals surface area contributed by atoms with Crippen molar-refractivity contribution in [3.05, 3.63) is 59.2 Å². The SMILES string of the molecule is Cc1cc(C(=N)N)ccc1NC(=O)[C@H](O)[C@H]1OCCN(c2ccc(C(C)(C)C)cc2)C1=O. The van der Waals surface area contributed by atoms with Crippen molar-refractivity contribution in [3.63, 3.8) is 0 Å². The molecule has 5 N–H and O–H groups in total. The van der Waals surface area contributed by atoms with Gasteiger partial charge in [0.2, 0.25) is 0 Å². The third-order valence-corrected chi connectivity index (χ3v) is 5.52. The molecule has 1 saturated heterocycles. The maximum absolute atomic E-state index is 13.0. The van der Waals surface area contributed by atoms with Crippen LogP contribution in [0.4, 0.5) is 11.4 Å². The van der Waals surface area contributed by atoms with Gasteiger partial charge in [0.15, 0.2) is 12.2 Å². The number of hydrogen-bond acceptors (Lipinski definition) is 5. The molecule has 32 heavy (non-hydrogen) atoms. The standard InChI is InChI=1S/C24H30N4O4/c1-14-13-15(21(25)26)5-10-18(14)27-22(30)19(29)20-23(31)28(11-12-32-20)17-8-6-16(7-9-17)24(2,3)4/h5-10,13,19-20,29H,11-12H2,1-4H3,(H3,25,26)(H,27,30)/t19-,20-/m1/s1. The van der Waals surface area contributed by atoms with Crippen LogP contribution in [0.2, 0.25) is 0 Å². The van der Waals surface area contributed by atoms with Crippen LogP contribution in [-0.2, 0) is 19.7 Å². The molecule has 1 aliphatic rings. The summed E-state index contributed by atoms with van der Waals surface area (Å²) >= 11 is 0. The van der Waals surface area contributed by atoms with Gasteiger partial charge in [-0.25, -0.2) is 0 Å². The van der Waals surface area contributed by atoms with Gasteiger partial charge < -0.3 is 25.8 Å². The molecule has 3 rings (SSSR count). The minimum Gasteiger partial charge on any atom is -0.384 e. The zero-order valence-electron chi connectivity index (χ0n) is 18.8. The summed E-state index contributed by atoms with van der Waals surface area (Å²) in [6.07, 6.45) is -2.98. The zero-order valence-corrected chi connectivity index (χ0v) is 18.8. The lowest BCUT2D eigenvalue weighted by Crippen LogP contribution is -2.55. The largest absolute Gasteiger partial charge is 0.384 e. The number of anilines is 2. The highest BCUT2D eigenvalue weighted by molar-refractivity contribution is 6.04. The summed E-state index contributed by atoms with van der Waals surface area (Å²) in [6, 6.07) is 12.6. The Labute approximate surface area is 187 Å². The zero-order chi connectivity index (χ0) is 23.6. The van der Waals surface area contributed by atoms with Gasteiger partial charge >= 0.3 is 0 Å². The normalized spacial score (nSPS) is 17.7. The number of nitrogens with two attached hydrogens (primary N) is 1. The summed E-state index contributed by atoms with van der Waals surface area (Å²) in [4.78, 5) is 27.2. The quantitative estimate of drug-likeness (QED) is 0.421. The number of aliphatic hydroxyl groups excluding tert-OH is 1. The van der Waals surface area contributed by atoms with Crippen molar-refractivity contribution < 1.29 is 19.4 Å². The summed E-state index contributed by atoms with van der Waals surface area (Å²) < 4.78 is 5.47. The van der Waals surface area contributed by atoms with E-state index in [1.54, 1.807) is 25.1 Å². The van der Waals surface area contributed by atoms with Gasteiger partial charge in [-0.15, -0.1) is 0 Å². The molecule has 1 fully saturated rings. The van der Waals surface area contributed by atoms with Crippen molar-refractivity contribution in [2.75, 3.05) is 23.4 Å². The first kappa shape index (κ1) is 23.4. The smallest absolute Gasteiger partial charge is 0.259 e. The minimum absolute atomic E-state index is 0.00881. The monoisotopic (exact) mass is 438 g/mol. The Morgan fingerprint density at radius 1 is 1.25 bits per heavy atom. The molecule has 2 aromatic carbocycles. The summed E-state index contributed by atoms with van der Waals surface area (Å²) in [5.41, 5.74) is 8.97. The van der Waals surface area contributed by atoms with Crippen LogP contribution in [0.1, 0.15) is 37.5 Å². The highest BCUT2D eigenvalue weighted by Gasteiger charge is 2.39. The number of aliphatic hydroxyl groups is 1. The van der Waals surface area contributed by atoms with Crippen LogP contribution in [0.3, 0.4) is 0 Å². The van der Waals surface area contributed by atoms with Crippen LogP contribution in [0, 0.1) is 12.3 Å². The Morgan fingerprint density at radius 3 is 2.47 bits per heavy atom. The first-order valence-corrected chi connectivity index (χ1v) is 10.5. The fourth-order valence-corrected chi connectivity index (χ4v) is 3.55. The van der Waals surface area contributed by atoms with Crippen molar-refractivity contribution in [1.29, 1.82) is 5.41 Å². The van der Waals surface area contributed by atoms with E-state index in [1.165, 1.54) is 4.90 Å². The Hall–Kier alpha value is -3.23. The molecule has 0 unspecified atom stereocenters. The lowest BCUT2D eigenvalue weighted by Gasteiger charge is -2.34. The number of carbonyl (C=O) groups excluding carboxylic acids is 2. The number of benzene rings is 2. The number of amides is 2. The molecule has 170 valence electrons. The van der Waals surface area contributed by atoms with E-state index in [-0.39, 0.29) is 17.9 Å². The number of nitrogens with zero attached hydrogens (tertiary/aromatic N) is 1. The van der Waals surface area contributed by atoms with Crippen molar-refractivity contribution in [2.24, 2.45) is 5.73 Å². The third kappa shape index (κ3) is 4.98. The van der Waals surface area contributed by atoms with Gasteiger partial charge in [-0.2, -0.15) is 0 Å². The predicted octanol–water partition coefficient (Wildman–Crippen LogP) is 2.31. The number of nitrogens with one attached hydrogen (secondary N) is 2. The molecule has 2 atom stereocenters. The van der Waals surface area contributed by atoms with E-state index in [0.717, 1.165) is 5.56 Å². The summed E-state index contributed by atoms with van der Waals surface area (Å²) in [5.74, 6) is -1.29. The van der Waals surface area contributed by atoms with Crippen LogP contribution >= 0.6 is 0 Å². The molecule has 0 bridgehead atoms. The number of hydrogen-bond donors (Lipinski definition) is 4. The Morgan fingerprint density at radius 2 is 1.91 bits per heavy atom. The maximum Gasteiger partial charge on any atom is 0.259 e. The van der Waals surface area contributed by atoms with Crippen molar-refractivity contribution in [3.8, 4) is 0 Å². The van der Waals surface area contributed by atoms with Crippen LogP contribution in [0.15, 0.2) is 42.5 Å². The topological polar surface area (TPSA) is 129 Å². The average Bonchev–Trinajstić information content (AvgIpc) is 2.74. The van der Waals surface area contributed by atoms with Gasteiger partial charge in [0, 0.05) is 23.5 Å². The number of carbonyl (C=O) groups is 2. The van der Waals surface area contributed by atoms with E-state index < -0.39 is 24.0 Å². The van der Waals surface area contributed by atoms with Crippen LogP contribution in [0.5, 0.6) is 0 Å². The van der Waals surface area contributed by atoms with E-state index in [9.17, 15) is 14.7 Å². The Kier molecular flexibility index (Phi) is 6.66. The second-order valence-corrected chi connectivity index (χ2v) is 8.96. The number of nitrogen functional groups attached to an aromatic ring is 1. The molecule has 0 aromatic heterocycles. The molecule has 0 saturated carbocycles. The fourth-order valence-electron chi connectivity index (χ4n) is 3.55. The molecule has 8 heteroatoms. The second kappa shape index (κ2) is 9.10. The lowest BCUT2D eigenvalue weighted by molar-refractivity contribution is -0.150. The summed E-state index contributed by atoms with van der Waals surface area (Å²) in [6.45, 7) is 8.63.